The first-order valence-electron chi connectivity index (χ1n) is 3.84. The molecule has 0 heterocycles. The fourth-order valence-electron chi connectivity index (χ4n) is 0.750. The lowest BCUT2D eigenvalue weighted by Crippen LogP contribution is -2.38. The van der Waals surface area contributed by atoms with Crippen molar-refractivity contribution in [2.75, 3.05) is 12.3 Å². The molecule has 0 saturated heterocycles. The average molecular weight is 214 g/mol. The molecule has 0 aliphatic heterocycles. The molecule has 0 aliphatic rings. The minimum Gasteiger partial charge on any atom is -0.211 e. The zero-order valence-corrected chi connectivity index (χ0v) is 9.48. The molecular weight excluding hydrogens is 198 g/mol. The van der Waals surface area contributed by atoms with E-state index in [4.69, 9.17) is 11.6 Å². The molecule has 5 heteroatoms. The molecule has 0 bridgehead atoms. The molecule has 0 aliphatic carbocycles. The van der Waals surface area contributed by atoms with Gasteiger partial charge < -0.3 is 0 Å². The summed E-state index contributed by atoms with van der Waals surface area (Å²) in [5, 5.41) is -0.347. The largest absolute Gasteiger partial charge is 0.228 e. The molecule has 0 aromatic carbocycles. The van der Waals surface area contributed by atoms with Crippen molar-refractivity contribution in [1.29, 1.82) is 0 Å². The van der Waals surface area contributed by atoms with E-state index in [1.807, 2.05) is 20.8 Å². The van der Waals surface area contributed by atoms with Gasteiger partial charge in [0.2, 0.25) is 10.0 Å². The number of rotatable bonds is 4. The highest BCUT2D eigenvalue weighted by Gasteiger charge is 2.23. The van der Waals surface area contributed by atoms with E-state index in [2.05, 4.69) is 0 Å². The van der Waals surface area contributed by atoms with Gasteiger partial charge in [0.15, 0.2) is 0 Å². The Hall–Kier alpha value is 0.200. The fourth-order valence-corrected chi connectivity index (χ4v) is 2.12. The van der Waals surface area contributed by atoms with Gasteiger partial charge in [-0.3, -0.25) is 0 Å². The Kier molecular flexibility index (Phi) is 4.51. The van der Waals surface area contributed by atoms with Crippen LogP contribution in [0.5, 0.6) is 0 Å². The highest BCUT2D eigenvalue weighted by molar-refractivity contribution is 7.90. The van der Waals surface area contributed by atoms with Gasteiger partial charge in [-0.05, 0) is 12.8 Å². The predicted molar refractivity (Wildman–Crippen MR) is 51.7 cm³/mol. The summed E-state index contributed by atoms with van der Waals surface area (Å²) in [4.78, 5) is 0. The summed E-state index contributed by atoms with van der Waals surface area (Å²) >= 11 is 5.31. The molecule has 0 saturated carbocycles. The quantitative estimate of drug-likeness (QED) is 0.664. The van der Waals surface area contributed by atoms with Crippen LogP contribution in [0.3, 0.4) is 0 Å². The predicted octanol–water partition coefficient (Wildman–Crippen LogP) is 1.49. The van der Waals surface area contributed by atoms with Crippen LogP contribution in [0, 0.1) is 5.92 Å². The Morgan fingerprint density at radius 3 is 2.00 bits per heavy atom. The molecule has 74 valence electrons. The summed E-state index contributed by atoms with van der Waals surface area (Å²) in [6, 6.07) is -0.00579. The van der Waals surface area contributed by atoms with Crippen molar-refractivity contribution in [3.05, 3.63) is 0 Å². The van der Waals surface area contributed by atoms with Crippen LogP contribution in [0.1, 0.15) is 20.8 Å². The van der Waals surface area contributed by atoms with Crippen LogP contribution in [0.15, 0.2) is 0 Å². The van der Waals surface area contributed by atoms with E-state index < -0.39 is 10.0 Å². The Labute approximate surface area is 79.8 Å². The number of hydrogen-bond donors (Lipinski definition) is 0. The summed E-state index contributed by atoms with van der Waals surface area (Å²) < 4.78 is 23.8. The zero-order valence-electron chi connectivity index (χ0n) is 7.91. The van der Waals surface area contributed by atoms with Gasteiger partial charge in [-0.25, -0.2) is 12.7 Å². The van der Waals surface area contributed by atoms with Gasteiger partial charge in [-0.15, -0.1) is 11.6 Å². The summed E-state index contributed by atoms with van der Waals surface area (Å²) in [5.41, 5.74) is 0. The van der Waals surface area contributed by atoms with Crippen LogP contribution in [-0.4, -0.2) is 31.0 Å². The van der Waals surface area contributed by atoms with Gasteiger partial charge >= 0.3 is 0 Å². The average Bonchev–Trinajstić information content (AvgIpc) is 2.01. The second kappa shape index (κ2) is 4.44. The molecule has 0 radical (unpaired) electrons. The van der Waals surface area contributed by atoms with E-state index in [9.17, 15) is 8.42 Å². The Bertz CT molecular complexity index is 226. The van der Waals surface area contributed by atoms with Crippen molar-refractivity contribution < 1.29 is 8.42 Å². The molecule has 0 rings (SSSR count). The molecule has 0 aromatic rings. The lowest BCUT2D eigenvalue weighted by molar-refractivity contribution is 0.317. The summed E-state index contributed by atoms with van der Waals surface area (Å²) in [7, 11) is -1.69. The normalized spacial score (nSPS) is 15.6. The summed E-state index contributed by atoms with van der Waals surface area (Å²) in [6.45, 7) is 5.82. The second-order valence-corrected chi connectivity index (χ2v) is 5.83. The third-order valence-electron chi connectivity index (χ3n) is 2.12. The van der Waals surface area contributed by atoms with Crippen molar-refractivity contribution in [3.8, 4) is 0 Å². The second-order valence-electron chi connectivity index (χ2n) is 3.22. The lowest BCUT2D eigenvalue weighted by Gasteiger charge is -2.26. The first-order valence-corrected chi connectivity index (χ1v) is 5.99. The van der Waals surface area contributed by atoms with Crippen LogP contribution in [-0.2, 0) is 10.0 Å². The molecule has 0 amide bonds. The van der Waals surface area contributed by atoms with Crippen molar-refractivity contribution in [2.45, 2.75) is 26.8 Å². The SMILES string of the molecule is CC(C)C(C)N(C)S(=O)(=O)CCl. The molecule has 1 atom stereocenters. The molecule has 1 unspecified atom stereocenters. The molecule has 0 aromatic heterocycles. The molecular formula is C7H16ClNO2S. The third kappa shape index (κ3) is 2.92. The summed E-state index contributed by atoms with van der Waals surface area (Å²) in [6.07, 6.45) is 0. The van der Waals surface area contributed by atoms with Crippen LogP contribution < -0.4 is 0 Å². The Balaban J connectivity index is 4.50. The number of nitrogens with zero attached hydrogens (tertiary/aromatic N) is 1. The fraction of sp³-hybridized carbons (Fsp3) is 1.00. The first kappa shape index (κ1) is 12.2. The van der Waals surface area contributed by atoms with Crippen LogP contribution in [0.2, 0.25) is 0 Å². The Morgan fingerprint density at radius 2 is 1.75 bits per heavy atom. The van der Waals surface area contributed by atoms with Crippen molar-refractivity contribution in [3.63, 3.8) is 0 Å². The minimum absolute atomic E-state index is 0.00579. The monoisotopic (exact) mass is 213 g/mol. The molecule has 3 nitrogen and oxygen atoms in total. The highest BCUT2D eigenvalue weighted by atomic mass is 35.5. The minimum atomic E-state index is -3.24. The summed E-state index contributed by atoms with van der Waals surface area (Å²) in [5.74, 6) is 0.299. The first-order chi connectivity index (χ1) is 5.33. The van der Waals surface area contributed by atoms with E-state index in [1.165, 1.54) is 4.31 Å². The van der Waals surface area contributed by atoms with Crippen LogP contribution in [0.25, 0.3) is 0 Å². The molecule has 0 N–H and O–H groups in total. The van der Waals surface area contributed by atoms with Crippen molar-refractivity contribution in [1.82, 2.24) is 4.31 Å². The molecule has 0 spiro atoms. The number of alkyl halides is 1. The van der Waals surface area contributed by atoms with Gasteiger partial charge in [-0.1, -0.05) is 13.8 Å². The lowest BCUT2D eigenvalue weighted by atomic mass is 10.1. The van der Waals surface area contributed by atoms with E-state index in [0.29, 0.717) is 5.92 Å². The molecule has 0 fully saturated rings. The van der Waals surface area contributed by atoms with Gasteiger partial charge in [0.05, 0.1) is 0 Å². The maximum atomic E-state index is 11.2. The van der Waals surface area contributed by atoms with E-state index >= 15 is 0 Å². The van der Waals surface area contributed by atoms with Crippen molar-refractivity contribution >= 4 is 21.6 Å². The van der Waals surface area contributed by atoms with E-state index in [0.717, 1.165) is 0 Å². The van der Waals surface area contributed by atoms with Crippen LogP contribution in [0.4, 0.5) is 0 Å². The van der Waals surface area contributed by atoms with Gasteiger partial charge in [0, 0.05) is 13.1 Å². The van der Waals surface area contributed by atoms with Gasteiger partial charge in [-0.2, -0.15) is 0 Å². The zero-order chi connectivity index (χ0) is 9.94. The van der Waals surface area contributed by atoms with E-state index in [1.54, 1.807) is 7.05 Å². The number of sulfonamides is 1. The third-order valence-corrected chi connectivity index (χ3v) is 4.43. The maximum absolute atomic E-state index is 11.2. The van der Waals surface area contributed by atoms with E-state index in [-0.39, 0.29) is 11.3 Å². The van der Waals surface area contributed by atoms with Crippen molar-refractivity contribution in [2.24, 2.45) is 5.92 Å². The highest BCUT2D eigenvalue weighted by Crippen LogP contribution is 2.13. The maximum Gasteiger partial charge on any atom is 0.228 e. The Morgan fingerprint density at radius 1 is 1.33 bits per heavy atom. The number of hydrogen-bond acceptors (Lipinski definition) is 2. The van der Waals surface area contributed by atoms with Gasteiger partial charge in [0.1, 0.15) is 5.21 Å². The van der Waals surface area contributed by atoms with Crippen LogP contribution >= 0.6 is 11.6 Å². The topological polar surface area (TPSA) is 37.4 Å². The standard InChI is InChI=1S/C7H16ClNO2S/c1-6(2)7(3)9(4)12(10,11)5-8/h6-7H,5H2,1-4H3. The molecule has 12 heavy (non-hydrogen) atoms. The number of halogens is 1. The smallest absolute Gasteiger partial charge is 0.211 e. The van der Waals surface area contributed by atoms with Gasteiger partial charge in [0.25, 0.3) is 0 Å².